The minimum Gasteiger partial charge on any atom is -0.507 e. The Morgan fingerprint density at radius 2 is 1.68 bits per heavy atom. The van der Waals surface area contributed by atoms with Crippen molar-refractivity contribution in [2.24, 2.45) is 5.41 Å². The quantitative estimate of drug-likeness (QED) is 0.699. The highest BCUT2D eigenvalue weighted by molar-refractivity contribution is 5.50. The van der Waals surface area contributed by atoms with Crippen molar-refractivity contribution in [2.45, 2.75) is 72.1 Å². The summed E-state index contributed by atoms with van der Waals surface area (Å²) >= 11 is 0. The van der Waals surface area contributed by atoms with E-state index in [2.05, 4.69) is 45.0 Å². The van der Waals surface area contributed by atoms with E-state index in [1.54, 1.807) is 16.7 Å². The zero-order chi connectivity index (χ0) is 17.8. The number of phenols is 1. The molecule has 0 spiro atoms. The minimum absolute atomic E-state index is 0.448. The predicted octanol–water partition coefficient (Wildman–Crippen LogP) is 5.80. The predicted molar refractivity (Wildman–Crippen MR) is 105 cm³/mol. The molecule has 0 aliphatic heterocycles. The molecule has 2 aromatic rings. The molecule has 1 heteroatoms. The Hall–Kier alpha value is -1.76. The summed E-state index contributed by atoms with van der Waals surface area (Å²) in [6, 6.07) is 9.07. The number of hydrogen-bond donors (Lipinski definition) is 1. The zero-order valence-electron chi connectivity index (χ0n) is 16.1. The summed E-state index contributed by atoms with van der Waals surface area (Å²) in [5, 5.41) is 10.6. The van der Waals surface area contributed by atoms with Crippen LogP contribution < -0.4 is 0 Å². The summed E-state index contributed by atoms with van der Waals surface area (Å²) in [4.78, 5) is 0. The number of benzene rings is 2. The Bertz CT molecular complexity index is 828. The van der Waals surface area contributed by atoms with Crippen molar-refractivity contribution in [1.29, 1.82) is 0 Å². The molecule has 2 aliphatic carbocycles. The lowest BCUT2D eigenvalue weighted by Gasteiger charge is -2.35. The van der Waals surface area contributed by atoms with Crippen LogP contribution in [0.5, 0.6) is 5.75 Å². The summed E-state index contributed by atoms with van der Waals surface area (Å²) in [5.41, 5.74) is 10.2. The molecule has 1 nitrogen and oxygen atoms in total. The molecule has 0 saturated carbocycles. The standard InChI is InChI=1S/C24H30O/c1-15-5-9-22(23(25)16(15)2)18-8-10-20-17(13-18)6-7-19-14-24(3,4)12-11-21(19)20/h5-7,9,18,25H,8,10-14H2,1-4H3. The van der Waals surface area contributed by atoms with E-state index in [0.717, 1.165) is 30.4 Å². The first kappa shape index (κ1) is 16.7. The number of fused-ring (bicyclic) bond motifs is 3. The van der Waals surface area contributed by atoms with Gasteiger partial charge < -0.3 is 5.11 Å². The molecule has 1 unspecified atom stereocenters. The van der Waals surface area contributed by atoms with Gasteiger partial charge in [0.15, 0.2) is 0 Å². The van der Waals surface area contributed by atoms with Crippen molar-refractivity contribution < 1.29 is 5.11 Å². The van der Waals surface area contributed by atoms with Gasteiger partial charge in [-0.3, -0.25) is 0 Å². The fourth-order valence-corrected chi connectivity index (χ4v) is 4.94. The fourth-order valence-electron chi connectivity index (χ4n) is 4.94. The van der Waals surface area contributed by atoms with E-state index >= 15 is 0 Å². The number of phenolic OH excluding ortho intramolecular Hbond substituents is 1. The molecule has 2 aliphatic rings. The van der Waals surface area contributed by atoms with Gasteiger partial charge in [-0.25, -0.2) is 0 Å². The van der Waals surface area contributed by atoms with Crippen LogP contribution in [0.2, 0.25) is 0 Å². The van der Waals surface area contributed by atoms with Gasteiger partial charge in [0.1, 0.15) is 5.75 Å². The van der Waals surface area contributed by atoms with E-state index in [1.165, 1.54) is 30.4 Å². The molecule has 0 bridgehead atoms. The summed E-state index contributed by atoms with van der Waals surface area (Å²) < 4.78 is 0. The lowest BCUT2D eigenvalue weighted by Crippen LogP contribution is -2.25. The Morgan fingerprint density at radius 3 is 2.48 bits per heavy atom. The molecule has 1 N–H and O–H groups in total. The maximum atomic E-state index is 10.6. The van der Waals surface area contributed by atoms with Gasteiger partial charge in [-0.2, -0.15) is 0 Å². The topological polar surface area (TPSA) is 20.2 Å². The summed E-state index contributed by atoms with van der Waals surface area (Å²) in [6.45, 7) is 8.90. The summed E-state index contributed by atoms with van der Waals surface area (Å²) in [7, 11) is 0. The molecule has 0 radical (unpaired) electrons. The minimum atomic E-state index is 0.448. The third kappa shape index (κ3) is 2.88. The first-order valence-electron chi connectivity index (χ1n) is 9.77. The van der Waals surface area contributed by atoms with E-state index in [1.807, 2.05) is 6.92 Å². The highest BCUT2D eigenvalue weighted by atomic mass is 16.3. The van der Waals surface area contributed by atoms with E-state index in [9.17, 15) is 5.11 Å². The molecule has 0 fully saturated rings. The van der Waals surface area contributed by atoms with Gasteiger partial charge in [0.05, 0.1) is 0 Å². The van der Waals surface area contributed by atoms with Gasteiger partial charge in [-0.15, -0.1) is 0 Å². The fraction of sp³-hybridized carbons (Fsp3) is 0.500. The second-order valence-electron chi connectivity index (χ2n) is 9.07. The van der Waals surface area contributed by atoms with Gasteiger partial charge in [0.2, 0.25) is 0 Å². The van der Waals surface area contributed by atoms with Gasteiger partial charge in [-0.05, 0) is 103 Å². The maximum Gasteiger partial charge on any atom is 0.122 e. The molecule has 0 heterocycles. The highest BCUT2D eigenvalue weighted by Crippen LogP contribution is 2.43. The van der Waals surface area contributed by atoms with Crippen LogP contribution in [-0.4, -0.2) is 5.11 Å². The third-order valence-electron chi connectivity index (χ3n) is 6.73. The lowest BCUT2D eigenvalue weighted by atomic mass is 9.70. The first-order chi connectivity index (χ1) is 11.9. The van der Waals surface area contributed by atoms with Crippen molar-refractivity contribution in [3.8, 4) is 5.75 Å². The smallest absolute Gasteiger partial charge is 0.122 e. The molecular formula is C24H30O. The van der Waals surface area contributed by atoms with Crippen LogP contribution in [-0.2, 0) is 25.7 Å². The van der Waals surface area contributed by atoms with E-state index in [4.69, 9.17) is 0 Å². The van der Waals surface area contributed by atoms with Crippen LogP contribution in [0.15, 0.2) is 24.3 Å². The summed E-state index contributed by atoms with van der Waals surface area (Å²) in [6.07, 6.45) is 7.15. The van der Waals surface area contributed by atoms with Crippen LogP contribution in [0.1, 0.15) is 71.6 Å². The van der Waals surface area contributed by atoms with Crippen molar-refractivity contribution in [3.05, 3.63) is 63.2 Å². The largest absolute Gasteiger partial charge is 0.507 e. The van der Waals surface area contributed by atoms with Crippen LogP contribution in [0, 0.1) is 19.3 Å². The van der Waals surface area contributed by atoms with Crippen molar-refractivity contribution in [3.63, 3.8) is 0 Å². The zero-order valence-corrected chi connectivity index (χ0v) is 16.1. The molecule has 132 valence electrons. The van der Waals surface area contributed by atoms with Gasteiger partial charge >= 0.3 is 0 Å². The van der Waals surface area contributed by atoms with Gasteiger partial charge in [0.25, 0.3) is 0 Å². The average molecular weight is 335 g/mol. The molecule has 1 atom stereocenters. The first-order valence-corrected chi connectivity index (χ1v) is 9.77. The van der Waals surface area contributed by atoms with Crippen molar-refractivity contribution >= 4 is 0 Å². The number of hydrogen-bond acceptors (Lipinski definition) is 1. The van der Waals surface area contributed by atoms with E-state index in [0.29, 0.717) is 17.1 Å². The van der Waals surface area contributed by atoms with Gasteiger partial charge in [0, 0.05) is 0 Å². The second-order valence-corrected chi connectivity index (χ2v) is 9.07. The molecule has 4 rings (SSSR count). The molecule has 0 aromatic heterocycles. The number of aryl methyl sites for hydroxylation is 1. The lowest BCUT2D eigenvalue weighted by molar-refractivity contribution is 0.314. The van der Waals surface area contributed by atoms with Crippen LogP contribution >= 0.6 is 0 Å². The van der Waals surface area contributed by atoms with Crippen molar-refractivity contribution in [2.75, 3.05) is 0 Å². The van der Waals surface area contributed by atoms with Crippen LogP contribution in [0.4, 0.5) is 0 Å². The van der Waals surface area contributed by atoms with Crippen molar-refractivity contribution in [1.82, 2.24) is 0 Å². The maximum absolute atomic E-state index is 10.6. The Balaban J connectivity index is 1.66. The van der Waals surface area contributed by atoms with E-state index in [-0.39, 0.29) is 0 Å². The third-order valence-corrected chi connectivity index (χ3v) is 6.73. The molecule has 0 saturated heterocycles. The molecule has 0 amide bonds. The number of aromatic hydroxyl groups is 1. The normalized spacial score (nSPS) is 21.5. The van der Waals surface area contributed by atoms with Crippen LogP contribution in [0.3, 0.4) is 0 Å². The number of rotatable bonds is 1. The Kier molecular flexibility index (Phi) is 3.94. The Labute approximate surface area is 152 Å². The molecule has 25 heavy (non-hydrogen) atoms. The molecular weight excluding hydrogens is 304 g/mol. The van der Waals surface area contributed by atoms with Crippen LogP contribution in [0.25, 0.3) is 0 Å². The van der Waals surface area contributed by atoms with Gasteiger partial charge in [-0.1, -0.05) is 38.1 Å². The SMILES string of the molecule is Cc1ccc(C2CCc3c(ccc4c3CCC(C)(C)C4)C2)c(O)c1C. The average Bonchev–Trinajstić information content (AvgIpc) is 2.58. The summed E-state index contributed by atoms with van der Waals surface area (Å²) in [5.74, 6) is 0.970. The highest BCUT2D eigenvalue weighted by Gasteiger charge is 2.30. The van der Waals surface area contributed by atoms with E-state index < -0.39 is 0 Å². The Morgan fingerprint density at radius 1 is 0.960 bits per heavy atom. The molecule has 2 aromatic carbocycles. The monoisotopic (exact) mass is 334 g/mol. The second kappa shape index (κ2) is 5.90.